The molecule has 1 aliphatic rings. The van der Waals surface area contributed by atoms with Gasteiger partial charge in [-0.05, 0) is 18.8 Å². The smallest absolute Gasteiger partial charge is 0.247 e. The Balaban J connectivity index is 1.89. The molecule has 0 aromatic carbocycles. The van der Waals surface area contributed by atoms with Gasteiger partial charge in [-0.3, -0.25) is 4.98 Å². The summed E-state index contributed by atoms with van der Waals surface area (Å²) in [6.45, 7) is 2.21. The summed E-state index contributed by atoms with van der Waals surface area (Å²) in [5.74, 6) is 1.55. The van der Waals surface area contributed by atoms with E-state index in [9.17, 15) is 0 Å². The Hall–Kier alpha value is -1.82. The molecule has 2 atom stereocenters. The van der Waals surface area contributed by atoms with Gasteiger partial charge in [0.15, 0.2) is 0 Å². The van der Waals surface area contributed by atoms with E-state index in [0.29, 0.717) is 23.3 Å². The molecule has 1 fully saturated rings. The van der Waals surface area contributed by atoms with Crippen molar-refractivity contribution < 1.29 is 4.52 Å². The van der Waals surface area contributed by atoms with Gasteiger partial charge in [0.25, 0.3) is 0 Å². The van der Waals surface area contributed by atoms with E-state index in [2.05, 4.69) is 27.0 Å². The Bertz CT molecular complexity index is 555. The number of nitrogens with two attached hydrogens (primary N) is 1. The van der Waals surface area contributed by atoms with Gasteiger partial charge >= 0.3 is 0 Å². The Kier molecular flexibility index (Phi) is 3.02. The standard InChI is InChI=1S/C13H17N5O/c1-9-3-2-4-13(14,7-9)12-17-11(18-19-12)10-8-15-5-6-16-10/h5-6,8-9H,2-4,7,14H2,1H3. The first-order chi connectivity index (χ1) is 9.17. The van der Waals surface area contributed by atoms with Crippen molar-refractivity contribution in [1.29, 1.82) is 0 Å². The molecule has 0 bridgehead atoms. The number of rotatable bonds is 2. The lowest BCUT2D eigenvalue weighted by Gasteiger charge is -2.33. The Morgan fingerprint density at radius 3 is 3.05 bits per heavy atom. The average Bonchev–Trinajstić information content (AvgIpc) is 2.90. The van der Waals surface area contributed by atoms with Crippen molar-refractivity contribution in [2.24, 2.45) is 11.7 Å². The van der Waals surface area contributed by atoms with Gasteiger partial charge < -0.3 is 10.3 Å². The molecule has 0 saturated heterocycles. The molecule has 0 spiro atoms. The average molecular weight is 259 g/mol. The predicted molar refractivity (Wildman–Crippen MR) is 68.8 cm³/mol. The molecule has 2 aromatic rings. The van der Waals surface area contributed by atoms with Crippen LogP contribution in [-0.4, -0.2) is 20.1 Å². The zero-order chi connectivity index (χ0) is 13.3. The van der Waals surface area contributed by atoms with E-state index >= 15 is 0 Å². The number of nitrogens with zero attached hydrogens (tertiary/aromatic N) is 4. The lowest BCUT2D eigenvalue weighted by Crippen LogP contribution is -2.41. The normalized spacial score (nSPS) is 27.4. The van der Waals surface area contributed by atoms with Gasteiger partial charge in [0, 0.05) is 12.4 Å². The summed E-state index contributed by atoms with van der Waals surface area (Å²) >= 11 is 0. The van der Waals surface area contributed by atoms with Crippen LogP contribution in [0.5, 0.6) is 0 Å². The molecular formula is C13H17N5O. The van der Waals surface area contributed by atoms with Gasteiger partial charge in [-0.1, -0.05) is 24.9 Å². The summed E-state index contributed by atoms with van der Waals surface area (Å²) in [4.78, 5) is 12.6. The minimum atomic E-state index is -0.495. The van der Waals surface area contributed by atoms with Gasteiger partial charge in [-0.15, -0.1) is 0 Å². The van der Waals surface area contributed by atoms with Crippen LogP contribution in [0.15, 0.2) is 23.1 Å². The minimum absolute atomic E-state index is 0.450. The van der Waals surface area contributed by atoms with Crippen molar-refractivity contribution >= 4 is 0 Å². The maximum Gasteiger partial charge on any atom is 0.247 e. The lowest BCUT2D eigenvalue weighted by molar-refractivity contribution is 0.183. The van der Waals surface area contributed by atoms with Crippen molar-refractivity contribution in [1.82, 2.24) is 20.1 Å². The van der Waals surface area contributed by atoms with Gasteiger partial charge in [0.2, 0.25) is 11.7 Å². The fraction of sp³-hybridized carbons (Fsp3) is 0.538. The number of hydrogen-bond acceptors (Lipinski definition) is 6. The Morgan fingerprint density at radius 2 is 2.32 bits per heavy atom. The monoisotopic (exact) mass is 259 g/mol. The van der Waals surface area contributed by atoms with Crippen LogP contribution in [0, 0.1) is 5.92 Å². The van der Waals surface area contributed by atoms with E-state index in [4.69, 9.17) is 10.3 Å². The van der Waals surface area contributed by atoms with Crippen LogP contribution in [-0.2, 0) is 5.54 Å². The van der Waals surface area contributed by atoms with E-state index in [0.717, 1.165) is 19.3 Å². The SMILES string of the molecule is CC1CCCC(N)(c2nc(-c3cnccn3)no2)C1. The summed E-state index contributed by atoms with van der Waals surface area (Å²) in [6.07, 6.45) is 8.91. The Labute approximate surface area is 111 Å². The van der Waals surface area contributed by atoms with Crippen molar-refractivity contribution in [3.8, 4) is 11.5 Å². The molecule has 19 heavy (non-hydrogen) atoms. The first-order valence-corrected chi connectivity index (χ1v) is 6.57. The molecule has 0 aliphatic heterocycles. The van der Waals surface area contributed by atoms with Crippen LogP contribution >= 0.6 is 0 Å². The van der Waals surface area contributed by atoms with Crippen molar-refractivity contribution in [2.45, 2.75) is 38.1 Å². The largest absolute Gasteiger partial charge is 0.337 e. The van der Waals surface area contributed by atoms with E-state index in [1.54, 1.807) is 18.6 Å². The van der Waals surface area contributed by atoms with Crippen LogP contribution in [0.1, 0.15) is 38.5 Å². The van der Waals surface area contributed by atoms with Gasteiger partial charge in [0.1, 0.15) is 5.69 Å². The highest BCUT2D eigenvalue weighted by molar-refractivity contribution is 5.45. The van der Waals surface area contributed by atoms with Crippen molar-refractivity contribution in [3.05, 3.63) is 24.5 Å². The van der Waals surface area contributed by atoms with E-state index in [-0.39, 0.29) is 0 Å². The molecule has 100 valence electrons. The fourth-order valence-corrected chi connectivity index (χ4v) is 2.73. The van der Waals surface area contributed by atoms with Crippen LogP contribution in [0.3, 0.4) is 0 Å². The predicted octanol–water partition coefficient (Wildman–Crippen LogP) is 1.89. The molecule has 2 unspecified atom stereocenters. The maximum absolute atomic E-state index is 6.43. The van der Waals surface area contributed by atoms with Gasteiger partial charge in [0.05, 0.1) is 11.7 Å². The van der Waals surface area contributed by atoms with Crippen LogP contribution in [0.2, 0.25) is 0 Å². The Morgan fingerprint density at radius 1 is 1.42 bits per heavy atom. The van der Waals surface area contributed by atoms with Crippen molar-refractivity contribution in [2.75, 3.05) is 0 Å². The third-order valence-electron chi connectivity index (χ3n) is 3.68. The number of aromatic nitrogens is 4. The second kappa shape index (κ2) is 4.70. The molecule has 2 heterocycles. The zero-order valence-corrected chi connectivity index (χ0v) is 10.9. The number of hydrogen-bond donors (Lipinski definition) is 1. The fourth-order valence-electron chi connectivity index (χ4n) is 2.73. The molecule has 1 aliphatic carbocycles. The van der Waals surface area contributed by atoms with Gasteiger partial charge in [-0.2, -0.15) is 4.98 Å². The molecular weight excluding hydrogens is 242 g/mol. The molecule has 2 N–H and O–H groups in total. The third kappa shape index (κ3) is 2.35. The van der Waals surface area contributed by atoms with Crippen LogP contribution in [0.25, 0.3) is 11.5 Å². The van der Waals surface area contributed by atoms with E-state index < -0.39 is 5.54 Å². The second-order valence-corrected chi connectivity index (χ2v) is 5.37. The second-order valence-electron chi connectivity index (χ2n) is 5.37. The first kappa shape index (κ1) is 12.2. The summed E-state index contributed by atoms with van der Waals surface area (Å²) in [6, 6.07) is 0. The summed E-state index contributed by atoms with van der Waals surface area (Å²) < 4.78 is 5.36. The molecule has 2 aromatic heterocycles. The molecule has 0 radical (unpaired) electrons. The highest BCUT2D eigenvalue weighted by Crippen LogP contribution is 2.37. The molecule has 3 rings (SSSR count). The molecule has 1 saturated carbocycles. The lowest BCUT2D eigenvalue weighted by atomic mass is 9.77. The summed E-state index contributed by atoms with van der Waals surface area (Å²) in [7, 11) is 0. The van der Waals surface area contributed by atoms with E-state index in [1.165, 1.54) is 6.42 Å². The molecule has 6 nitrogen and oxygen atoms in total. The topological polar surface area (TPSA) is 90.7 Å². The quantitative estimate of drug-likeness (QED) is 0.885. The summed E-state index contributed by atoms with van der Waals surface area (Å²) in [5.41, 5.74) is 6.54. The van der Waals surface area contributed by atoms with Crippen molar-refractivity contribution in [3.63, 3.8) is 0 Å². The first-order valence-electron chi connectivity index (χ1n) is 6.57. The highest BCUT2D eigenvalue weighted by Gasteiger charge is 2.37. The van der Waals surface area contributed by atoms with E-state index in [1.807, 2.05) is 0 Å². The van der Waals surface area contributed by atoms with Gasteiger partial charge in [-0.25, -0.2) is 4.98 Å². The third-order valence-corrected chi connectivity index (χ3v) is 3.68. The zero-order valence-electron chi connectivity index (χ0n) is 10.9. The maximum atomic E-state index is 6.43. The summed E-state index contributed by atoms with van der Waals surface area (Å²) in [5, 5.41) is 3.96. The van der Waals surface area contributed by atoms with Crippen LogP contribution in [0.4, 0.5) is 0 Å². The molecule has 6 heteroatoms. The van der Waals surface area contributed by atoms with Crippen LogP contribution < -0.4 is 5.73 Å². The highest BCUT2D eigenvalue weighted by atomic mass is 16.5. The molecule has 0 amide bonds. The minimum Gasteiger partial charge on any atom is -0.337 e.